The zero-order chi connectivity index (χ0) is 19.3. The minimum atomic E-state index is -2.05. The predicted molar refractivity (Wildman–Crippen MR) is 109 cm³/mol. The molecule has 2 N–H and O–H groups in total. The molecule has 1 aliphatic rings. The SMILES string of the molecule is CCCCCCC[C@@H](O[Si](C(C)C)(C(C)C)C(C)C)[C@H](O)C1(O)CC1. The molecule has 0 spiro atoms. The molecule has 0 amide bonds. The van der Waals surface area contributed by atoms with Crippen molar-refractivity contribution in [2.45, 2.75) is 134 Å². The molecule has 2 atom stereocenters. The molecular formula is C21H44O3Si. The van der Waals surface area contributed by atoms with Crippen LogP contribution in [0.5, 0.6) is 0 Å². The molecule has 0 unspecified atom stereocenters. The number of aliphatic hydroxyl groups excluding tert-OH is 1. The second kappa shape index (κ2) is 9.87. The van der Waals surface area contributed by atoms with Crippen molar-refractivity contribution in [1.29, 1.82) is 0 Å². The van der Waals surface area contributed by atoms with E-state index in [9.17, 15) is 10.2 Å². The number of aliphatic hydroxyl groups is 2. The average Bonchev–Trinajstić information content (AvgIpc) is 3.27. The van der Waals surface area contributed by atoms with Gasteiger partial charge in [-0.15, -0.1) is 0 Å². The van der Waals surface area contributed by atoms with Crippen LogP contribution in [0.1, 0.15) is 99.8 Å². The Labute approximate surface area is 157 Å². The fourth-order valence-electron chi connectivity index (χ4n) is 4.67. The van der Waals surface area contributed by atoms with Crippen molar-refractivity contribution >= 4 is 8.32 Å². The largest absolute Gasteiger partial charge is 0.410 e. The summed E-state index contributed by atoms with van der Waals surface area (Å²) in [6, 6.07) is 0. The number of unbranched alkanes of at least 4 members (excludes halogenated alkanes) is 4. The molecule has 4 heteroatoms. The number of rotatable bonds is 13. The molecule has 25 heavy (non-hydrogen) atoms. The molecule has 0 aromatic carbocycles. The fourth-order valence-corrected chi connectivity index (χ4v) is 10.3. The zero-order valence-electron chi connectivity index (χ0n) is 17.8. The molecule has 1 aliphatic carbocycles. The predicted octanol–water partition coefficient (Wildman–Crippen LogP) is 5.79. The Hall–Kier alpha value is 0.0969. The summed E-state index contributed by atoms with van der Waals surface area (Å²) in [5.41, 5.74) is 0.600. The highest BCUT2D eigenvalue weighted by Crippen LogP contribution is 2.46. The molecular weight excluding hydrogens is 328 g/mol. The van der Waals surface area contributed by atoms with Crippen molar-refractivity contribution in [3.63, 3.8) is 0 Å². The summed E-state index contributed by atoms with van der Waals surface area (Å²) in [7, 11) is -2.05. The highest BCUT2D eigenvalue weighted by molar-refractivity contribution is 6.77. The Morgan fingerprint density at radius 2 is 1.36 bits per heavy atom. The lowest BCUT2D eigenvalue weighted by Crippen LogP contribution is -2.54. The van der Waals surface area contributed by atoms with Crippen molar-refractivity contribution in [3.05, 3.63) is 0 Å². The molecule has 0 saturated heterocycles. The summed E-state index contributed by atoms with van der Waals surface area (Å²) >= 11 is 0. The maximum atomic E-state index is 10.9. The maximum Gasteiger partial charge on any atom is 0.200 e. The van der Waals surface area contributed by atoms with Gasteiger partial charge in [0.05, 0.1) is 11.7 Å². The summed E-state index contributed by atoms with van der Waals surface area (Å²) in [5, 5.41) is 21.4. The van der Waals surface area contributed by atoms with Gasteiger partial charge in [-0.05, 0) is 35.9 Å². The van der Waals surface area contributed by atoms with Crippen molar-refractivity contribution < 1.29 is 14.6 Å². The van der Waals surface area contributed by atoms with Gasteiger partial charge in [-0.2, -0.15) is 0 Å². The number of hydrogen-bond donors (Lipinski definition) is 2. The van der Waals surface area contributed by atoms with Gasteiger partial charge in [0.15, 0.2) is 0 Å². The number of hydrogen-bond acceptors (Lipinski definition) is 3. The molecule has 0 aromatic heterocycles. The monoisotopic (exact) mass is 372 g/mol. The third-order valence-corrected chi connectivity index (χ3v) is 12.4. The Morgan fingerprint density at radius 3 is 1.76 bits per heavy atom. The van der Waals surface area contributed by atoms with E-state index in [1.807, 2.05) is 0 Å². The van der Waals surface area contributed by atoms with E-state index >= 15 is 0 Å². The van der Waals surface area contributed by atoms with Crippen molar-refractivity contribution in [1.82, 2.24) is 0 Å². The molecule has 1 rings (SSSR count). The van der Waals surface area contributed by atoms with Gasteiger partial charge in [0, 0.05) is 0 Å². The first kappa shape index (κ1) is 23.1. The fraction of sp³-hybridized carbons (Fsp3) is 1.00. The molecule has 150 valence electrons. The Morgan fingerprint density at radius 1 is 0.880 bits per heavy atom. The molecule has 0 radical (unpaired) electrons. The standard InChI is InChI=1S/C21H44O3Si/c1-8-9-10-11-12-13-19(20(22)21(23)14-15-21)24-25(16(2)3,17(4)5)18(6)7/h16-20,22-23H,8-15H2,1-7H3/t19-,20+/m1/s1. The minimum absolute atomic E-state index is 0.215. The first-order valence-corrected chi connectivity index (χ1v) is 12.8. The summed E-state index contributed by atoms with van der Waals surface area (Å²) in [6.45, 7) is 15.9. The van der Waals surface area contributed by atoms with Crippen LogP contribution < -0.4 is 0 Å². The Balaban J connectivity index is 2.88. The maximum absolute atomic E-state index is 10.9. The van der Waals surface area contributed by atoms with Crippen LogP contribution in [0.15, 0.2) is 0 Å². The van der Waals surface area contributed by atoms with E-state index in [1.165, 1.54) is 25.7 Å². The van der Waals surface area contributed by atoms with E-state index in [2.05, 4.69) is 48.5 Å². The first-order chi connectivity index (χ1) is 11.6. The van der Waals surface area contributed by atoms with Crippen LogP contribution in [0.4, 0.5) is 0 Å². The van der Waals surface area contributed by atoms with Gasteiger partial charge in [-0.3, -0.25) is 0 Å². The van der Waals surface area contributed by atoms with E-state index in [4.69, 9.17) is 4.43 Å². The van der Waals surface area contributed by atoms with Gasteiger partial charge >= 0.3 is 0 Å². The summed E-state index contributed by atoms with van der Waals surface area (Å²) in [4.78, 5) is 0. The smallest absolute Gasteiger partial charge is 0.200 e. The zero-order valence-corrected chi connectivity index (χ0v) is 18.8. The Bertz CT molecular complexity index is 356. The summed E-state index contributed by atoms with van der Waals surface area (Å²) < 4.78 is 6.89. The van der Waals surface area contributed by atoms with Crippen LogP contribution in [-0.2, 0) is 4.43 Å². The quantitative estimate of drug-likeness (QED) is 0.317. The van der Waals surface area contributed by atoms with Crippen molar-refractivity contribution in [2.24, 2.45) is 0 Å². The van der Waals surface area contributed by atoms with Gasteiger partial charge in [-0.1, -0.05) is 80.6 Å². The average molecular weight is 373 g/mol. The third kappa shape index (κ3) is 5.79. The molecule has 1 saturated carbocycles. The second-order valence-electron chi connectivity index (χ2n) is 9.23. The molecule has 0 aromatic rings. The van der Waals surface area contributed by atoms with Crippen molar-refractivity contribution in [3.8, 4) is 0 Å². The van der Waals surface area contributed by atoms with E-state index in [1.54, 1.807) is 0 Å². The molecule has 0 heterocycles. The van der Waals surface area contributed by atoms with E-state index in [0.29, 0.717) is 29.5 Å². The lowest BCUT2D eigenvalue weighted by Gasteiger charge is -2.46. The van der Waals surface area contributed by atoms with Crippen LogP contribution in [0.25, 0.3) is 0 Å². The topological polar surface area (TPSA) is 49.7 Å². The van der Waals surface area contributed by atoms with E-state index in [0.717, 1.165) is 12.8 Å². The lowest BCUT2D eigenvalue weighted by molar-refractivity contribution is -0.0716. The second-order valence-corrected chi connectivity index (χ2v) is 14.6. The van der Waals surface area contributed by atoms with Gasteiger partial charge in [0.1, 0.15) is 6.10 Å². The molecule has 0 aliphatic heterocycles. The molecule has 1 fully saturated rings. The summed E-state index contributed by atoms with van der Waals surface area (Å²) in [5.74, 6) is 0. The Kier molecular flexibility index (Phi) is 9.13. The normalized spacial score (nSPS) is 19.7. The highest BCUT2D eigenvalue weighted by atomic mass is 28.4. The van der Waals surface area contributed by atoms with Gasteiger partial charge < -0.3 is 14.6 Å². The third-order valence-electron chi connectivity index (χ3n) is 6.32. The molecule has 0 bridgehead atoms. The van der Waals surface area contributed by atoms with E-state index < -0.39 is 20.0 Å². The van der Waals surface area contributed by atoms with Crippen LogP contribution >= 0.6 is 0 Å². The van der Waals surface area contributed by atoms with Gasteiger partial charge in [0.2, 0.25) is 8.32 Å². The summed E-state index contributed by atoms with van der Waals surface area (Å²) in [6.07, 6.45) is 7.39. The van der Waals surface area contributed by atoms with Gasteiger partial charge in [-0.25, -0.2) is 0 Å². The molecule has 3 nitrogen and oxygen atoms in total. The van der Waals surface area contributed by atoms with Crippen LogP contribution in [0, 0.1) is 0 Å². The minimum Gasteiger partial charge on any atom is -0.410 e. The van der Waals surface area contributed by atoms with Crippen molar-refractivity contribution in [2.75, 3.05) is 0 Å². The first-order valence-electron chi connectivity index (χ1n) is 10.7. The van der Waals surface area contributed by atoms with Gasteiger partial charge in [0.25, 0.3) is 0 Å². The lowest BCUT2D eigenvalue weighted by atomic mass is 10.00. The van der Waals surface area contributed by atoms with Crippen LogP contribution in [-0.4, -0.2) is 36.3 Å². The highest BCUT2D eigenvalue weighted by Gasteiger charge is 2.54. The van der Waals surface area contributed by atoms with E-state index in [-0.39, 0.29) is 6.10 Å². The van der Waals surface area contributed by atoms with Crippen LogP contribution in [0.2, 0.25) is 16.6 Å². The van der Waals surface area contributed by atoms with Crippen LogP contribution in [0.3, 0.4) is 0 Å².